The van der Waals surface area contributed by atoms with Crippen molar-refractivity contribution in [3.05, 3.63) is 46.4 Å². The van der Waals surface area contributed by atoms with Crippen LogP contribution >= 0.6 is 12.6 Å². The third-order valence-electron chi connectivity index (χ3n) is 3.04. The Morgan fingerprint density at radius 1 is 1.26 bits per heavy atom. The quantitative estimate of drug-likeness (QED) is 0.876. The van der Waals surface area contributed by atoms with Crippen LogP contribution in [-0.2, 0) is 6.54 Å². The van der Waals surface area contributed by atoms with E-state index >= 15 is 0 Å². The highest BCUT2D eigenvalue weighted by Gasteiger charge is 2.16. The fraction of sp³-hybridized carbons (Fsp3) is 0.286. The molecular weight excluding hydrogens is 260 g/mol. The van der Waals surface area contributed by atoms with Gasteiger partial charge in [-0.1, -0.05) is 43.8 Å². The minimum absolute atomic E-state index is 0.154. The molecule has 0 saturated carbocycles. The maximum absolute atomic E-state index is 12.4. The number of carbonyl (C=O) groups is 1. The molecule has 1 aromatic carbocycles. The summed E-state index contributed by atoms with van der Waals surface area (Å²) in [5, 5.41) is -0.453. The minimum atomic E-state index is -0.453. The SMILES string of the molecule is CCCn1c(=O)c(-c2ccccc2C)cn1C(=O)S. The van der Waals surface area contributed by atoms with Crippen LogP contribution in [0, 0.1) is 6.92 Å². The smallest absolute Gasteiger partial charge is 0.267 e. The fourth-order valence-corrected chi connectivity index (χ4v) is 2.29. The van der Waals surface area contributed by atoms with Crippen LogP contribution in [0.15, 0.2) is 35.3 Å². The first-order valence-electron chi connectivity index (χ1n) is 6.18. The Hall–Kier alpha value is -1.75. The van der Waals surface area contributed by atoms with Gasteiger partial charge >= 0.3 is 5.24 Å². The van der Waals surface area contributed by atoms with E-state index in [1.165, 1.54) is 9.36 Å². The molecule has 0 amide bonds. The second kappa shape index (κ2) is 5.48. The number of benzene rings is 1. The number of rotatable bonds is 3. The molecule has 0 saturated heterocycles. The molecule has 0 N–H and O–H groups in total. The number of hydrogen-bond donors (Lipinski definition) is 1. The Morgan fingerprint density at radius 2 is 1.95 bits per heavy atom. The second-order valence-electron chi connectivity index (χ2n) is 4.41. The van der Waals surface area contributed by atoms with Gasteiger partial charge in [0, 0.05) is 12.7 Å². The highest BCUT2D eigenvalue weighted by Crippen LogP contribution is 2.20. The lowest BCUT2D eigenvalue weighted by Gasteiger charge is -2.04. The molecule has 0 aliphatic carbocycles. The van der Waals surface area contributed by atoms with Crippen molar-refractivity contribution in [2.75, 3.05) is 0 Å². The molecule has 0 bridgehead atoms. The number of aromatic nitrogens is 2. The van der Waals surface area contributed by atoms with Crippen molar-refractivity contribution < 1.29 is 4.79 Å². The first kappa shape index (κ1) is 13.7. The molecule has 4 nitrogen and oxygen atoms in total. The molecular formula is C14H16N2O2S. The van der Waals surface area contributed by atoms with Gasteiger partial charge in [0.05, 0.1) is 5.56 Å². The molecule has 0 unspecified atom stereocenters. The van der Waals surface area contributed by atoms with E-state index in [0.717, 1.165) is 17.5 Å². The second-order valence-corrected chi connectivity index (χ2v) is 4.80. The Morgan fingerprint density at radius 3 is 2.53 bits per heavy atom. The molecule has 0 aliphatic heterocycles. The monoisotopic (exact) mass is 276 g/mol. The highest BCUT2D eigenvalue weighted by atomic mass is 32.1. The average molecular weight is 276 g/mol. The molecule has 0 spiro atoms. The average Bonchev–Trinajstić information content (AvgIpc) is 2.69. The highest BCUT2D eigenvalue weighted by molar-refractivity contribution is 7.96. The normalized spacial score (nSPS) is 10.7. The van der Waals surface area contributed by atoms with Crippen LogP contribution in [0.1, 0.15) is 18.9 Å². The predicted octanol–water partition coefficient (Wildman–Crippen LogP) is 2.93. The lowest BCUT2D eigenvalue weighted by atomic mass is 10.0. The fourth-order valence-electron chi connectivity index (χ4n) is 2.12. The number of nitrogens with zero attached hydrogens (tertiary/aromatic N) is 2. The number of hydrogen-bond acceptors (Lipinski definition) is 2. The van der Waals surface area contributed by atoms with Crippen molar-refractivity contribution in [1.82, 2.24) is 9.36 Å². The molecule has 2 aromatic rings. The lowest BCUT2D eigenvalue weighted by Crippen LogP contribution is -2.25. The number of thiol groups is 1. The predicted molar refractivity (Wildman–Crippen MR) is 78.9 cm³/mol. The number of aryl methyl sites for hydroxylation is 1. The van der Waals surface area contributed by atoms with Gasteiger partial charge in [0.25, 0.3) is 5.56 Å². The largest absolute Gasteiger partial charge is 0.301 e. The summed E-state index contributed by atoms with van der Waals surface area (Å²) >= 11 is 3.81. The zero-order valence-corrected chi connectivity index (χ0v) is 11.9. The summed E-state index contributed by atoms with van der Waals surface area (Å²) in [5.74, 6) is 0. The topological polar surface area (TPSA) is 44.0 Å². The molecule has 0 aliphatic rings. The van der Waals surface area contributed by atoms with Crippen molar-refractivity contribution in [2.45, 2.75) is 26.8 Å². The van der Waals surface area contributed by atoms with Gasteiger partial charge in [-0.3, -0.25) is 9.59 Å². The maximum Gasteiger partial charge on any atom is 0.301 e. The Labute approximate surface area is 117 Å². The Bertz CT molecular complexity index is 670. The van der Waals surface area contributed by atoms with Crippen LogP contribution in [-0.4, -0.2) is 14.6 Å². The van der Waals surface area contributed by atoms with E-state index < -0.39 is 5.24 Å². The summed E-state index contributed by atoms with van der Waals surface area (Å²) in [7, 11) is 0. The van der Waals surface area contributed by atoms with Gasteiger partial charge in [0.1, 0.15) is 0 Å². The molecule has 100 valence electrons. The van der Waals surface area contributed by atoms with E-state index in [1.54, 1.807) is 6.20 Å². The van der Waals surface area contributed by atoms with Gasteiger partial charge in [0.15, 0.2) is 0 Å². The summed E-state index contributed by atoms with van der Waals surface area (Å²) in [6.45, 7) is 4.40. The Kier molecular flexibility index (Phi) is 3.95. The van der Waals surface area contributed by atoms with Gasteiger partial charge in [-0.2, -0.15) is 0 Å². The van der Waals surface area contributed by atoms with Crippen LogP contribution in [0.25, 0.3) is 11.1 Å². The van der Waals surface area contributed by atoms with Crippen LogP contribution < -0.4 is 5.56 Å². The van der Waals surface area contributed by atoms with Gasteiger partial charge in [0.2, 0.25) is 0 Å². The van der Waals surface area contributed by atoms with Crippen molar-refractivity contribution >= 4 is 17.9 Å². The minimum Gasteiger partial charge on any atom is -0.267 e. The lowest BCUT2D eigenvalue weighted by molar-refractivity contribution is 0.255. The third kappa shape index (κ3) is 2.51. The molecule has 1 aromatic heterocycles. The van der Waals surface area contributed by atoms with E-state index in [-0.39, 0.29) is 5.56 Å². The Balaban J connectivity index is 2.66. The number of carbonyl (C=O) groups excluding carboxylic acids is 1. The third-order valence-corrected chi connectivity index (χ3v) is 3.25. The van der Waals surface area contributed by atoms with Crippen molar-refractivity contribution in [3.63, 3.8) is 0 Å². The van der Waals surface area contributed by atoms with E-state index in [0.29, 0.717) is 12.1 Å². The van der Waals surface area contributed by atoms with E-state index in [1.807, 2.05) is 38.1 Å². The molecule has 1 heterocycles. The standard InChI is InChI=1S/C14H16N2O2S/c1-3-8-15-13(17)12(9-16(15)14(18)19)11-7-5-4-6-10(11)2/h4-7,9H,3,8H2,1-2H3,(H,18,19). The first-order chi connectivity index (χ1) is 9.06. The van der Waals surface area contributed by atoms with Crippen LogP contribution in [0.5, 0.6) is 0 Å². The molecule has 2 rings (SSSR count). The van der Waals surface area contributed by atoms with E-state index in [9.17, 15) is 9.59 Å². The molecule has 5 heteroatoms. The summed E-state index contributed by atoms with van der Waals surface area (Å²) in [6.07, 6.45) is 2.34. The summed E-state index contributed by atoms with van der Waals surface area (Å²) in [6, 6.07) is 7.63. The maximum atomic E-state index is 12.4. The van der Waals surface area contributed by atoms with Crippen molar-refractivity contribution in [2.24, 2.45) is 0 Å². The summed E-state index contributed by atoms with van der Waals surface area (Å²) < 4.78 is 2.70. The summed E-state index contributed by atoms with van der Waals surface area (Å²) in [4.78, 5) is 23.9. The van der Waals surface area contributed by atoms with Gasteiger partial charge in [-0.05, 0) is 24.5 Å². The van der Waals surface area contributed by atoms with Crippen molar-refractivity contribution in [3.8, 4) is 11.1 Å². The zero-order valence-electron chi connectivity index (χ0n) is 11.0. The zero-order chi connectivity index (χ0) is 14.0. The van der Waals surface area contributed by atoms with Crippen LogP contribution in [0.2, 0.25) is 0 Å². The van der Waals surface area contributed by atoms with E-state index in [2.05, 4.69) is 12.6 Å². The summed E-state index contributed by atoms with van der Waals surface area (Å²) in [5.41, 5.74) is 2.24. The van der Waals surface area contributed by atoms with E-state index in [4.69, 9.17) is 0 Å². The molecule has 0 fully saturated rings. The van der Waals surface area contributed by atoms with Gasteiger partial charge in [-0.15, -0.1) is 0 Å². The first-order valence-corrected chi connectivity index (χ1v) is 6.62. The molecule has 0 radical (unpaired) electrons. The van der Waals surface area contributed by atoms with Gasteiger partial charge in [-0.25, -0.2) is 9.36 Å². The van der Waals surface area contributed by atoms with Crippen LogP contribution in [0.3, 0.4) is 0 Å². The van der Waals surface area contributed by atoms with Crippen molar-refractivity contribution in [1.29, 1.82) is 0 Å². The van der Waals surface area contributed by atoms with Crippen LogP contribution in [0.4, 0.5) is 4.79 Å². The molecule has 0 atom stereocenters. The molecule has 19 heavy (non-hydrogen) atoms. The van der Waals surface area contributed by atoms with Gasteiger partial charge < -0.3 is 0 Å².